The fraction of sp³-hybridized carbons (Fsp3) is 0.211. The van der Waals surface area contributed by atoms with Crippen molar-refractivity contribution in [2.24, 2.45) is 0 Å². The van der Waals surface area contributed by atoms with Crippen LogP contribution in [0.15, 0.2) is 67.4 Å². The van der Waals surface area contributed by atoms with Crippen LogP contribution in [0.5, 0.6) is 0 Å². The Bertz CT molecular complexity index is 784. The molecule has 1 aromatic carbocycles. The van der Waals surface area contributed by atoms with E-state index in [9.17, 15) is 4.79 Å². The van der Waals surface area contributed by atoms with Crippen molar-refractivity contribution in [3.8, 4) is 5.82 Å². The molecule has 2 aromatic heterocycles. The Morgan fingerprint density at radius 1 is 1.21 bits per heavy atom. The molecule has 0 aliphatic heterocycles. The largest absolute Gasteiger partial charge is 0.345 e. The number of benzene rings is 1. The third kappa shape index (κ3) is 3.68. The van der Waals surface area contributed by atoms with Gasteiger partial charge in [-0.15, -0.1) is 0 Å². The standard InChI is InChI=1S/C19H20N4O/c1-2-6-17(15-7-4-3-5-8-15)22-19(24)16-9-10-21-18(13-16)23-12-11-20-14-23/h3-5,7-14,17H,2,6H2,1H3,(H,22,24)/t17-/m1/s1. The summed E-state index contributed by atoms with van der Waals surface area (Å²) in [4.78, 5) is 21.0. The molecule has 3 rings (SSSR count). The molecule has 2 heterocycles. The predicted octanol–water partition coefficient (Wildman–Crippen LogP) is 3.54. The smallest absolute Gasteiger partial charge is 0.251 e. The highest BCUT2D eigenvalue weighted by molar-refractivity contribution is 5.94. The van der Waals surface area contributed by atoms with Crippen LogP contribution in [0.2, 0.25) is 0 Å². The number of nitrogens with one attached hydrogen (secondary N) is 1. The van der Waals surface area contributed by atoms with Gasteiger partial charge in [0.25, 0.3) is 5.91 Å². The quantitative estimate of drug-likeness (QED) is 0.756. The van der Waals surface area contributed by atoms with Gasteiger partial charge >= 0.3 is 0 Å². The van der Waals surface area contributed by atoms with E-state index in [1.165, 1.54) is 0 Å². The third-order valence-electron chi connectivity index (χ3n) is 3.86. The van der Waals surface area contributed by atoms with Crippen LogP contribution in [0.1, 0.15) is 41.7 Å². The van der Waals surface area contributed by atoms with E-state index in [1.807, 2.05) is 30.3 Å². The van der Waals surface area contributed by atoms with Gasteiger partial charge in [0.1, 0.15) is 12.1 Å². The summed E-state index contributed by atoms with van der Waals surface area (Å²) in [6, 6.07) is 13.6. The Kier molecular flexibility index (Phi) is 5.01. The fourth-order valence-electron chi connectivity index (χ4n) is 2.63. The molecule has 1 atom stereocenters. The minimum Gasteiger partial charge on any atom is -0.345 e. The van der Waals surface area contributed by atoms with Crippen molar-refractivity contribution in [3.05, 3.63) is 78.5 Å². The van der Waals surface area contributed by atoms with Gasteiger partial charge in [-0.3, -0.25) is 9.36 Å². The molecule has 0 aliphatic carbocycles. The molecule has 5 nitrogen and oxygen atoms in total. The van der Waals surface area contributed by atoms with Crippen LogP contribution < -0.4 is 5.32 Å². The molecule has 1 amide bonds. The van der Waals surface area contributed by atoms with E-state index in [0.717, 1.165) is 18.4 Å². The minimum absolute atomic E-state index is 0.00793. The lowest BCUT2D eigenvalue weighted by molar-refractivity contribution is 0.0934. The molecule has 0 fully saturated rings. The zero-order chi connectivity index (χ0) is 16.8. The van der Waals surface area contributed by atoms with Crippen molar-refractivity contribution >= 4 is 5.91 Å². The van der Waals surface area contributed by atoms with Crippen LogP contribution in [0.3, 0.4) is 0 Å². The molecule has 0 unspecified atom stereocenters. The maximum absolute atomic E-state index is 12.7. The molecule has 5 heteroatoms. The van der Waals surface area contributed by atoms with Crippen molar-refractivity contribution in [1.82, 2.24) is 19.9 Å². The van der Waals surface area contributed by atoms with Crippen molar-refractivity contribution in [1.29, 1.82) is 0 Å². The summed E-state index contributed by atoms with van der Waals surface area (Å²) in [6.45, 7) is 2.12. The number of nitrogens with zero attached hydrogens (tertiary/aromatic N) is 3. The average Bonchev–Trinajstić information content (AvgIpc) is 3.17. The number of imidazole rings is 1. The maximum atomic E-state index is 12.7. The van der Waals surface area contributed by atoms with E-state index in [4.69, 9.17) is 0 Å². The van der Waals surface area contributed by atoms with Gasteiger partial charge in [0, 0.05) is 24.2 Å². The van der Waals surface area contributed by atoms with Gasteiger partial charge < -0.3 is 5.32 Å². The highest BCUT2D eigenvalue weighted by Gasteiger charge is 2.15. The van der Waals surface area contributed by atoms with Gasteiger partial charge in [-0.1, -0.05) is 43.7 Å². The minimum atomic E-state index is -0.0962. The van der Waals surface area contributed by atoms with E-state index >= 15 is 0 Å². The Hall–Kier alpha value is -2.95. The Morgan fingerprint density at radius 2 is 2.04 bits per heavy atom. The number of rotatable bonds is 6. The van der Waals surface area contributed by atoms with Crippen LogP contribution in [0.4, 0.5) is 0 Å². The van der Waals surface area contributed by atoms with Crippen LogP contribution >= 0.6 is 0 Å². The number of amides is 1. The summed E-state index contributed by atoms with van der Waals surface area (Å²) >= 11 is 0. The summed E-state index contributed by atoms with van der Waals surface area (Å²) in [7, 11) is 0. The van der Waals surface area contributed by atoms with Gasteiger partial charge in [-0.05, 0) is 24.1 Å². The van der Waals surface area contributed by atoms with Crippen LogP contribution in [-0.2, 0) is 0 Å². The van der Waals surface area contributed by atoms with Gasteiger partial charge in [-0.25, -0.2) is 9.97 Å². The summed E-state index contributed by atoms with van der Waals surface area (Å²) in [5.41, 5.74) is 1.71. The second-order valence-electron chi connectivity index (χ2n) is 5.60. The molecule has 3 aromatic rings. The molecule has 0 radical (unpaired) electrons. The molecule has 0 saturated heterocycles. The first-order valence-corrected chi connectivity index (χ1v) is 8.08. The Balaban J connectivity index is 1.79. The van der Waals surface area contributed by atoms with E-state index in [1.54, 1.807) is 41.6 Å². The molecule has 0 bridgehead atoms. The van der Waals surface area contributed by atoms with Gasteiger partial charge in [0.05, 0.1) is 6.04 Å². The molecule has 0 spiro atoms. The van der Waals surface area contributed by atoms with E-state index in [0.29, 0.717) is 11.4 Å². The number of carbonyl (C=O) groups excluding carboxylic acids is 1. The van der Waals surface area contributed by atoms with Crippen molar-refractivity contribution < 1.29 is 4.79 Å². The van der Waals surface area contributed by atoms with Crippen LogP contribution in [-0.4, -0.2) is 20.4 Å². The zero-order valence-corrected chi connectivity index (χ0v) is 13.6. The summed E-state index contributed by atoms with van der Waals surface area (Å²) < 4.78 is 1.78. The highest BCUT2D eigenvalue weighted by atomic mass is 16.1. The van der Waals surface area contributed by atoms with Crippen LogP contribution in [0, 0.1) is 0 Å². The van der Waals surface area contributed by atoms with Crippen molar-refractivity contribution in [3.63, 3.8) is 0 Å². The normalized spacial score (nSPS) is 11.9. The molecule has 0 aliphatic rings. The van der Waals surface area contributed by atoms with Gasteiger partial charge in [-0.2, -0.15) is 0 Å². The Labute approximate surface area is 141 Å². The first-order valence-electron chi connectivity index (χ1n) is 8.08. The second kappa shape index (κ2) is 7.55. The van der Waals surface area contributed by atoms with Gasteiger partial charge in [0.2, 0.25) is 0 Å². The molecular formula is C19H20N4O. The topological polar surface area (TPSA) is 59.8 Å². The first kappa shape index (κ1) is 15.9. The van der Waals surface area contributed by atoms with E-state index in [2.05, 4.69) is 22.2 Å². The maximum Gasteiger partial charge on any atom is 0.251 e. The molecule has 24 heavy (non-hydrogen) atoms. The number of hydrogen-bond acceptors (Lipinski definition) is 3. The molecular weight excluding hydrogens is 300 g/mol. The second-order valence-corrected chi connectivity index (χ2v) is 5.60. The lowest BCUT2D eigenvalue weighted by atomic mass is 10.0. The summed E-state index contributed by atoms with van der Waals surface area (Å²) in [6.07, 6.45) is 8.68. The summed E-state index contributed by atoms with van der Waals surface area (Å²) in [5, 5.41) is 3.13. The first-order chi connectivity index (χ1) is 11.8. The van der Waals surface area contributed by atoms with Crippen molar-refractivity contribution in [2.75, 3.05) is 0 Å². The van der Waals surface area contributed by atoms with Crippen molar-refractivity contribution in [2.45, 2.75) is 25.8 Å². The highest BCUT2D eigenvalue weighted by Crippen LogP contribution is 2.19. The molecule has 122 valence electrons. The monoisotopic (exact) mass is 320 g/mol. The Morgan fingerprint density at radius 3 is 2.75 bits per heavy atom. The fourth-order valence-corrected chi connectivity index (χ4v) is 2.63. The zero-order valence-electron chi connectivity index (χ0n) is 13.6. The molecule has 1 N–H and O–H groups in total. The predicted molar refractivity (Wildman–Crippen MR) is 92.9 cm³/mol. The number of hydrogen-bond donors (Lipinski definition) is 1. The third-order valence-corrected chi connectivity index (χ3v) is 3.86. The lowest BCUT2D eigenvalue weighted by Crippen LogP contribution is -2.28. The van der Waals surface area contributed by atoms with Gasteiger partial charge in [0.15, 0.2) is 0 Å². The van der Waals surface area contributed by atoms with E-state index in [-0.39, 0.29) is 11.9 Å². The van der Waals surface area contributed by atoms with Crippen LogP contribution in [0.25, 0.3) is 5.82 Å². The lowest BCUT2D eigenvalue weighted by Gasteiger charge is -2.19. The SMILES string of the molecule is CCC[C@@H](NC(=O)c1ccnc(-n2ccnc2)c1)c1ccccc1. The number of pyridine rings is 1. The number of carbonyl (C=O) groups is 1. The summed E-state index contributed by atoms with van der Waals surface area (Å²) in [5.74, 6) is 0.577. The molecule has 0 saturated carbocycles. The van der Waals surface area contributed by atoms with E-state index < -0.39 is 0 Å². The number of aromatic nitrogens is 3. The average molecular weight is 320 g/mol.